The van der Waals surface area contributed by atoms with Crippen molar-refractivity contribution in [3.63, 3.8) is 0 Å². The van der Waals surface area contributed by atoms with E-state index in [1.807, 2.05) is 18.3 Å². The molecule has 0 spiro atoms. The molecule has 0 aliphatic carbocycles. The summed E-state index contributed by atoms with van der Waals surface area (Å²) in [5.41, 5.74) is 0.525. The van der Waals surface area contributed by atoms with E-state index in [0.717, 1.165) is 37.5 Å². The van der Waals surface area contributed by atoms with Crippen LogP contribution in [0.15, 0.2) is 48.8 Å². The smallest absolute Gasteiger partial charge is 0.367 e. The van der Waals surface area contributed by atoms with E-state index in [2.05, 4.69) is 35.4 Å². The van der Waals surface area contributed by atoms with Crippen molar-refractivity contribution in [1.82, 2.24) is 19.9 Å². The summed E-state index contributed by atoms with van der Waals surface area (Å²) in [5, 5.41) is 6.04. The van der Waals surface area contributed by atoms with E-state index in [1.54, 1.807) is 0 Å². The van der Waals surface area contributed by atoms with E-state index < -0.39 is 11.7 Å². The highest BCUT2D eigenvalue weighted by Crippen LogP contribution is 2.32. The average Bonchev–Trinajstić information content (AvgIpc) is 2.86. The summed E-state index contributed by atoms with van der Waals surface area (Å²) in [4.78, 5) is 17.9. The molecule has 5 rings (SSSR count). The van der Waals surface area contributed by atoms with E-state index in [0.29, 0.717) is 11.9 Å². The number of alkyl halides is 3. The Hall–Kier alpha value is -3.11. The highest BCUT2D eigenvalue weighted by Gasteiger charge is 2.31. The van der Waals surface area contributed by atoms with Crippen molar-refractivity contribution in [2.45, 2.75) is 31.5 Å². The topological polar surface area (TPSA) is 69.2 Å². The maximum atomic E-state index is 13.0. The van der Waals surface area contributed by atoms with Crippen LogP contribution < -0.4 is 15.5 Å². The van der Waals surface area contributed by atoms with Crippen LogP contribution in [0.3, 0.4) is 0 Å². The largest absolute Gasteiger partial charge is 0.416 e. The first-order valence-corrected chi connectivity index (χ1v) is 11.9. The van der Waals surface area contributed by atoms with Crippen molar-refractivity contribution in [2.24, 2.45) is 0 Å². The number of fused-ring (bicyclic) bond motifs is 1. The van der Waals surface area contributed by atoms with Crippen LogP contribution in [-0.2, 0) is 6.18 Å². The predicted molar refractivity (Wildman–Crippen MR) is 131 cm³/mol. The Kier molecular flexibility index (Phi) is 6.66. The minimum Gasteiger partial charge on any atom is -0.367 e. The highest BCUT2D eigenvalue weighted by molar-refractivity contribution is 6.32. The molecule has 2 aliphatic heterocycles. The van der Waals surface area contributed by atoms with Gasteiger partial charge < -0.3 is 15.5 Å². The molecule has 0 saturated carbocycles. The molecule has 11 heteroatoms. The van der Waals surface area contributed by atoms with Crippen LogP contribution in [0.1, 0.15) is 24.8 Å². The third-order valence-electron chi connectivity index (χ3n) is 6.39. The first-order valence-electron chi connectivity index (χ1n) is 11.5. The number of piperazine rings is 1. The van der Waals surface area contributed by atoms with E-state index in [4.69, 9.17) is 11.6 Å². The summed E-state index contributed by atoms with van der Waals surface area (Å²) in [6, 6.07) is 9.32. The highest BCUT2D eigenvalue weighted by atomic mass is 35.5. The van der Waals surface area contributed by atoms with Gasteiger partial charge in [-0.05, 0) is 49.7 Å². The zero-order valence-corrected chi connectivity index (χ0v) is 19.6. The van der Waals surface area contributed by atoms with Gasteiger partial charge in [0.15, 0.2) is 5.82 Å². The Balaban J connectivity index is 1.26. The van der Waals surface area contributed by atoms with Gasteiger partial charge in [-0.2, -0.15) is 18.2 Å². The second-order valence-electron chi connectivity index (χ2n) is 8.75. The van der Waals surface area contributed by atoms with Crippen LogP contribution in [0.5, 0.6) is 0 Å². The number of hydrogen-bond donors (Lipinski definition) is 2. The molecule has 2 saturated heterocycles. The number of piperidine rings is 1. The number of hydrogen-bond acceptors (Lipinski definition) is 7. The van der Waals surface area contributed by atoms with Gasteiger partial charge in [-0.1, -0.05) is 24.1 Å². The third-order valence-corrected chi connectivity index (χ3v) is 6.66. The lowest BCUT2D eigenvalue weighted by molar-refractivity contribution is -0.137. The summed E-state index contributed by atoms with van der Waals surface area (Å²) in [5.74, 6) is 0.961. The molecule has 2 fully saturated rings. The second-order valence-corrected chi connectivity index (χ2v) is 9.16. The number of benzene rings is 1. The summed E-state index contributed by atoms with van der Waals surface area (Å²) in [6.45, 7) is 4.27. The molecule has 3 aromatic rings. The normalized spacial score (nSPS) is 18.7. The number of rotatable bonds is 5. The lowest BCUT2D eigenvalue weighted by Gasteiger charge is -2.44. The Bertz CT molecular complexity index is 1170. The summed E-state index contributed by atoms with van der Waals surface area (Å²) in [6.07, 6.45) is 2.60. The van der Waals surface area contributed by atoms with Crippen molar-refractivity contribution >= 4 is 40.6 Å². The molecule has 0 bridgehead atoms. The van der Waals surface area contributed by atoms with Crippen LogP contribution in [0, 0.1) is 0 Å². The fourth-order valence-corrected chi connectivity index (χ4v) is 4.72. The molecular formula is C24H25ClF3N7. The van der Waals surface area contributed by atoms with Crippen molar-refractivity contribution in [1.29, 1.82) is 0 Å². The first kappa shape index (κ1) is 23.6. The maximum Gasteiger partial charge on any atom is 0.416 e. The van der Waals surface area contributed by atoms with Crippen LogP contribution in [0.2, 0.25) is 5.02 Å². The van der Waals surface area contributed by atoms with Crippen molar-refractivity contribution in [3.05, 3.63) is 59.4 Å². The Labute approximate surface area is 206 Å². The summed E-state index contributed by atoms with van der Waals surface area (Å²) < 4.78 is 39.0. The van der Waals surface area contributed by atoms with Crippen LogP contribution in [0.4, 0.5) is 42.1 Å². The summed E-state index contributed by atoms with van der Waals surface area (Å²) >= 11 is 6.17. The monoisotopic (exact) mass is 503 g/mol. The molecule has 184 valence electrons. The van der Waals surface area contributed by atoms with E-state index >= 15 is 0 Å². The molecule has 2 N–H and O–H groups in total. The van der Waals surface area contributed by atoms with Gasteiger partial charge in [0.1, 0.15) is 10.8 Å². The Morgan fingerprint density at radius 2 is 1.86 bits per heavy atom. The molecule has 4 heterocycles. The minimum absolute atomic E-state index is 0.179. The average molecular weight is 504 g/mol. The van der Waals surface area contributed by atoms with E-state index in [1.165, 1.54) is 44.1 Å². The number of nitrogens with zero attached hydrogens (tertiary/aromatic N) is 5. The second kappa shape index (κ2) is 9.87. The van der Waals surface area contributed by atoms with Crippen molar-refractivity contribution < 1.29 is 13.2 Å². The standard InChI is InChI=1S/C24H25ClF3N7/c25-20-14-30-23(33-22(20)31-17-5-3-4-16(12-17)24(26,27)28)32-21-8-7-18(13-29-21)35-11-10-34-9-2-1-6-19(34)15-35/h3-5,7-8,12-14,19H,1-2,6,9-11,15H2,(H2,29,30,31,32,33). The van der Waals surface area contributed by atoms with Gasteiger partial charge in [-0.15, -0.1) is 0 Å². The van der Waals surface area contributed by atoms with Gasteiger partial charge in [0.05, 0.1) is 23.6 Å². The zero-order chi connectivity index (χ0) is 24.4. The molecule has 0 radical (unpaired) electrons. The molecule has 2 aliphatic rings. The van der Waals surface area contributed by atoms with Gasteiger partial charge in [0.25, 0.3) is 0 Å². The first-order chi connectivity index (χ1) is 16.8. The summed E-state index contributed by atoms with van der Waals surface area (Å²) in [7, 11) is 0. The Morgan fingerprint density at radius 1 is 0.971 bits per heavy atom. The molecule has 1 unspecified atom stereocenters. The molecule has 2 aromatic heterocycles. The lowest BCUT2D eigenvalue weighted by Crippen LogP contribution is -2.54. The van der Waals surface area contributed by atoms with Gasteiger partial charge in [0.2, 0.25) is 5.95 Å². The number of pyridine rings is 1. The van der Waals surface area contributed by atoms with Gasteiger partial charge >= 0.3 is 6.18 Å². The van der Waals surface area contributed by atoms with Crippen LogP contribution in [-0.4, -0.2) is 52.1 Å². The van der Waals surface area contributed by atoms with Gasteiger partial charge in [-0.25, -0.2) is 9.97 Å². The SMILES string of the molecule is FC(F)(F)c1cccc(Nc2nc(Nc3ccc(N4CCN5CCCCC5C4)cn3)ncc2Cl)c1. The number of anilines is 5. The fraction of sp³-hybridized carbons (Fsp3) is 0.375. The third kappa shape index (κ3) is 5.59. The lowest BCUT2D eigenvalue weighted by atomic mass is 9.99. The zero-order valence-electron chi connectivity index (χ0n) is 18.9. The van der Waals surface area contributed by atoms with E-state index in [9.17, 15) is 13.2 Å². The number of halogens is 4. The quantitative estimate of drug-likeness (QED) is 0.462. The molecule has 35 heavy (non-hydrogen) atoms. The fourth-order valence-electron chi connectivity index (χ4n) is 4.58. The predicted octanol–water partition coefficient (Wildman–Crippen LogP) is 5.71. The van der Waals surface area contributed by atoms with Gasteiger partial charge in [-0.3, -0.25) is 4.90 Å². The number of nitrogens with one attached hydrogen (secondary N) is 2. The molecule has 1 aromatic carbocycles. The van der Waals surface area contributed by atoms with Crippen molar-refractivity contribution in [2.75, 3.05) is 41.7 Å². The molecule has 7 nitrogen and oxygen atoms in total. The van der Waals surface area contributed by atoms with E-state index in [-0.39, 0.29) is 22.5 Å². The minimum atomic E-state index is -4.44. The number of aromatic nitrogens is 3. The van der Waals surface area contributed by atoms with Crippen LogP contribution in [0.25, 0.3) is 0 Å². The molecule has 0 amide bonds. The maximum absolute atomic E-state index is 13.0. The van der Waals surface area contributed by atoms with Crippen molar-refractivity contribution in [3.8, 4) is 0 Å². The van der Waals surface area contributed by atoms with Crippen LogP contribution >= 0.6 is 11.6 Å². The Morgan fingerprint density at radius 3 is 2.66 bits per heavy atom. The molecule has 1 atom stereocenters. The molecular weight excluding hydrogens is 479 g/mol. The van der Waals surface area contributed by atoms with Gasteiger partial charge in [0, 0.05) is 31.4 Å².